The normalized spacial score (nSPS) is 14.9. The summed E-state index contributed by atoms with van der Waals surface area (Å²) in [6, 6.07) is 6.93. The van der Waals surface area contributed by atoms with Gasteiger partial charge in [0, 0.05) is 12.5 Å². The van der Waals surface area contributed by atoms with Gasteiger partial charge < -0.3 is 25.3 Å². The Balaban J connectivity index is 2.31. The molecule has 1 atom stereocenters. The summed E-state index contributed by atoms with van der Waals surface area (Å²) in [5, 5.41) is 2.98. The van der Waals surface area contributed by atoms with Crippen molar-refractivity contribution in [2.45, 2.75) is 25.8 Å². The van der Waals surface area contributed by atoms with Crippen molar-refractivity contribution >= 4 is 17.6 Å². The van der Waals surface area contributed by atoms with Gasteiger partial charge in [-0.25, -0.2) is 4.79 Å². The lowest BCUT2D eigenvalue weighted by Gasteiger charge is -2.21. The molecule has 1 aliphatic carbocycles. The molecule has 1 amide bonds. The van der Waals surface area contributed by atoms with Gasteiger partial charge in [0.25, 0.3) is 0 Å². The zero-order valence-electron chi connectivity index (χ0n) is 16.4. The number of nitrogens with one attached hydrogen (secondary N) is 1. The highest BCUT2D eigenvalue weighted by Gasteiger charge is 2.29. The molecule has 1 unspecified atom stereocenters. The third-order valence-corrected chi connectivity index (χ3v) is 4.95. The quantitative estimate of drug-likeness (QED) is 0.621. The van der Waals surface area contributed by atoms with Crippen LogP contribution in [0.2, 0.25) is 0 Å². The summed E-state index contributed by atoms with van der Waals surface area (Å²) in [7, 11) is 4.44. The van der Waals surface area contributed by atoms with Crippen molar-refractivity contribution in [1.29, 1.82) is 0 Å². The van der Waals surface area contributed by atoms with Crippen molar-refractivity contribution < 1.29 is 23.8 Å². The smallest absolute Gasteiger partial charge is 0.337 e. The van der Waals surface area contributed by atoms with E-state index in [0.717, 1.165) is 22.3 Å². The molecule has 1 aliphatic rings. The van der Waals surface area contributed by atoms with Crippen LogP contribution in [0.5, 0.6) is 11.5 Å². The molecule has 148 valence electrons. The van der Waals surface area contributed by atoms with Gasteiger partial charge in [0.1, 0.15) is 0 Å². The SMILES string of the molecule is COC(=O)c1ccc2c(c1)C(NC(C)=O)CCc1cc(N)c(OC)c(OC)c1-2. The molecule has 28 heavy (non-hydrogen) atoms. The van der Waals surface area contributed by atoms with Crippen LogP contribution in [0, 0.1) is 0 Å². The van der Waals surface area contributed by atoms with Gasteiger partial charge >= 0.3 is 5.97 Å². The lowest BCUT2D eigenvalue weighted by molar-refractivity contribution is -0.119. The summed E-state index contributed by atoms with van der Waals surface area (Å²) in [5.41, 5.74) is 10.6. The average Bonchev–Trinajstić information content (AvgIpc) is 2.82. The number of anilines is 1. The maximum Gasteiger partial charge on any atom is 0.337 e. The Morgan fingerprint density at radius 2 is 1.82 bits per heavy atom. The first-order chi connectivity index (χ1) is 13.4. The van der Waals surface area contributed by atoms with Gasteiger partial charge in [-0.3, -0.25) is 4.79 Å². The van der Waals surface area contributed by atoms with E-state index in [0.29, 0.717) is 35.6 Å². The number of hydrogen-bond acceptors (Lipinski definition) is 6. The van der Waals surface area contributed by atoms with Crippen LogP contribution < -0.4 is 20.5 Å². The lowest BCUT2D eigenvalue weighted by Crippen LogP contribution is -2.26. The fourth-order valence-corrected chi connectivity index (χ4v) is 3.79. The largest absolute Gasteiger partial charge is 0.492 e. The highest BCUT2D eigenvalue weighted by molar-refractivity contribution is 5.92. The Kier molecular flexibility index (Phi) is 5.44. The minimum atomic E-state index is -0.435. The monoisotopic (exact) mass is 384 g/mol. The zero-order valence-corrected chi connectivity index (χ0v) is 16.4. The van der Waals surface area contributed by atoms with E-state index in [1.165, 1.54) is 14.0 Å². The van der Waals surface area contributed by atoms with Gasteiger partial charge in [0.2, 0.25) is 5.91 Å². The summed E-state index contributed by atoms with van der Waals surface area (Å²) < 4.78 is 16.0. The second-order valence-corrected chi connectivity index (χ2v) is 6.65. The summed E-state index contributed by atoms with van der Waals surface area (Å²) in [4.78, 5) is 23.8. The molecular weight excluding hydrogens is 360 g/mol. The van der Waals surface area contributed by atoms with E-state index in [-0.39, 0.29) is 11.9 Å². The number of carbonyl (C=O) groups is 2. The second kappa shape index (κ2) is 7.80. The predicted octanol–water partition coefficient (Wildman–Crippen LogP) is 2.86. The highest BCUT2D eigenvalue weighted by atomic mass is 16.5. The van der Waals surface area contributed by atoms with Crippen molar-refractivity contribution in [2.24, 2.45) is 0 Å². The van der Waals surface area contributed by atoms with E-state index in [1.807, 2.05) is 12.1 Å². The number of rotatable bonds is 4. The van der Waals surface area contributed by atoms with Crippen LogP contribution in [-0.4, -0.2) is 33.2 Å². The Labute approximate surface area is 163 Å². The number of ether oxygens (including phenoxy) is 3. The Hall–Kier alpha value is -3.22. The van der Waals surface area contributed by atoms with Gasteiger partial charge in [0.15, 0.2) is 11.5 Å². The average molecular weight is 384 g/mol. The number of carbonyl (C=O) groups excluding carboxylic acids is 2. The number of fused-ring (bicyclic) bond motifs is 3. The molecule has 0 radical (unpaired) electrons. The van der Waals surface area contributed by atoms with Crippen LogP contribution in [0.1, 0.15) is 40.9 Å². The third-order valence-electron chi connectivity index (χ3n) is 4.95. The molecule has 3 rings (SSSR count). The maximum absolute atomic E-state index is 12.1. The molecule has 2 aromatic rings. The minimum absolute atomic E-state index is 0.144. The first-order valence-corrected chi connectivity index (χ1v) is 8.94. The summed E-state index contributed by atoms with van der Waals surface area (Å²) in [6.07, 6.45) is 1.33. The predicted molar refractivity (Wildman–Crippen MR) is 106 cm³/mol. The molecule has 0 fully saturated rings. The van der Waals surface area contributed by atoms with E-state index in [2.05, 4.69) is 5.32 Å². The molecule has 0 aromatic heterocycles. The van der Waals surface area contributed by atoms with Crippen LogP contribution in [0.3, 0.4) is 0 Å². The van der Waals surface area contributed by atoms with Crippen LogP contribution in [-0.2, 0) is 16.0 Å². The maximum atomic E-state index is 12.1. The van der Waals surface area contributed by atoms with E-state index < -0.39 is 5.97 Å². The minimum Gasteiger partial charge on any atom is -0.492 e. The number of benzene rings is 2. The van der Waals surface area contributed by atoms with Gasteiger partial charge in [0.05, 0.1) is 38.6 Å². The van der Waals surface area contributed by atoms with Crippen molar-refractivity contribution in [3.63, 3.8) is 0 Å². The summed E-state index contributed by atoms with van der Waals surface area (Å²) in [6.45, 7) is 1.48. The van der Waals surface area contributed by atoms with E-state index in [9.17, 15) is 9.59 Å². The molecule has 0 bridgehead atoms. The van der Waals surface area contributed by atoms with Crippen LogP contribution in [0.4, 0.5) is 5.69 Å². The standard InChI is InChI=1S/C21H24N2O5/c1-11(24)23-17-8-6-12-10-16(22)19(26-2)20(27-3)18(12)14-7-5-13(9-15(14)17)21(25)28-4/h5,7,9-10,17H,6,8,22H2,1-4H3,(H,23,24). The van der Waals surface area contributed by atoms with Gasteiger partial charge in [-0.1, -0.05) is 6.07 Å². The van der Waals surface area contributed by atoms with E-state index in [1.54, 1.807) is 26.4 Å². The molecule has 2 aromatic carbocycles. The third kappa shape index (κ3) is 3.35. The number of esters is 1. The highest BCUT2D eigenvalue weighted by Crippen LogP contribution is 2.49. The van der Waals surface area contributed by atoms with Gasteiger partial charge in [-0.05, 0) is 47.7 Å². The molecular formula is C21H24N2O5. The molecule has 0 aliphatic heterocycles. The Morgan fingerprint density at radius 1 is 1.11 bits per heavy atom. The zero-order chi connectivity index (χ0) is 20.4. The molecule has 0 saturated heterocycles. The summed E-state index contributed by atoms with van der Waals surface area (Å²) in [5.74, 6) is 0.417. The van der Waals surface area contributed by atoms with Crippen molar-refractivity contribution in [1.82, 2.24) is 5.32 Å². The number of amides is 1. The number of aryl methyl sites for hydroxylation is 1. The van der Waals surface area contributed by atoms with E-state index >= 15 is 0 Å². The second-order valence-electron chi connectivity index (χ2n) is 6.65. The number of nitrogens with two attached hydrogens (primary N) is 1. The fraction of sp³-hybridized carbons (Fsp3) is 0.333. The number of nitrogen functional groups attached to an aromatic ring is 1. The van der Waals surface area contributed by atoms with Crippen LogP contribution in [0.25, 0.3) is 11.1 Å². The molecule has 0 heterocycles. The van der Waals surface area contributed by atoms with Crippen LogP contribution in [0.15, 0.2) is 24.3 Å². The van der Waals surface area contributed by atoms with Crippen LogP contribution >= 0.6 is 0 Å². The Morgan fingerprint density at radius 3 is 2.43 bits per heavy atom. The van der Waals surface area contributed by atoms with E-state index in [4.69, 9.17) is 19.9 Å². The van der Waals surface area contributed by atoms with Crippen molar-refractivity contribution in [2.75, 3.05) is 27.1 Å². The molecule has 0 spiro atoms. The molecule has 0 saturated carbocycles. The Bertz CT molecular complexity index is 939. The molecule has 7 heteroatoms. The van der Waals surface area contributed by atoms with Gasteiger partial charge in [-0.2, -0.15) is 0 Å². The van der Waals surface area contributed by atoms with Crippen molar-refractivity contribution in [3.8, 4) is 22.6 Å². The molecule has 3 N–H and O–H groups in total. The lowest BCUT2D eigenvalue weighted by atomic mass is 9.92. The van der Waals surface area contributed by atoms with Gasteiger partial charge in [-0.15, -0.1) is 0 Å². The van der Waals surface area contributed by atoms with Crippen molar-refractivity contribution in [3.05, 3.63) is 41.0 Å². The number of hydrogen-bond donors (Lipinski definition) is 2. The summed E-state index contributed by atoms with van der Waals surface area (Å²) >= 11 is 0. The first kappa shape index (κ1) is 19.5. The fourth-order valence-electron chi connectivity index (χ4n) is 3.79. The topological polar surface area (TPSA) is 99.9 Å². The first-order valence-electron chi connectivity index (χ1n) is 8.94. The number of methoxy groups -OCH3 is 3. The molecule has 7 nitrogen and oxygen atoms in total.